The molecule has 2 fully saturated rings. The summed E-state index contributed by atoms with van der Waals surface area (Å²) in [7, 11) is 1.78. The smallest absolute Gasteiger partial charge is 0.254 e. The maximum Gasteiger partial charge on any atom is 0.254 e. The van der Waals surface area contributed by atoms with Gasteiger partial charge in [-0.05, 0) is 55.3 Å². The summed E-state index contributed by atoms with van der Waals surface area (Å²) in [5.41, 5.74) is 0.608. The van der Waals surface area contributed by atoms with Crippen LogP contribution in [-0.2, 0) is 4.74 Å². The lowest BCUT2D eigenvalue weighted by molar-refractivity contribution is -0.0119. The van der Waals surface area contributed by atoms with E-state index in [-0.39, 0.29) is 11.7 Å². The summed E-state index contributed by atoms with van der Waals surface area (Å²) < 4.78 is 24.2. The summed E-state index contributed by atoms with van der Waals surface area (Å²) in [5, 5.41) is 0. The Morgan fingerprint density at radius 3 is 2.43 bits per heavy atom. The molecular weight excluding hydrogens is 359 g/mol. The van der Waals surface area contributed by atoms with E-state index in [9.17, 15) is 9.18 Å². The van der Waals surface area contributed by atoms with Gasteiger partial charge in [0.25, 0.3) is 5.91 Å². The fourth-order valence-corrected chi connectivity index (χ4v) is 3.84. The van der Waals surface area contributed by atoms with E-state index in [4.69, 9.17) is 9.47 Å². The lowest BCUT2D eigenvalue weighted by atomic mass is 10.00. The van der Waals surface area contributed by atoms with Crippen LogP contribution >= 0.6 is 0 Å². The second-order valence-corrected chi connectivity index (χ2v) is 7.42. The molecule has 1 amide bonds. The molecule has 0 saturated carbocycles. The highest BCUT2D eigenvalue weighted by molar-refractivity contribution is 5.95. The van der Waals surface area contributed by atoms with Crippen molar-refractivity contribution in [1.29, 1.82) is 0 Å². The number of carbonyl (C=O) groups is 1. The molecule has 2 aromatic rings. The molecule has 0 atom stereocenters. The Bertz CT molecular complexity index is 813. The lowest BCUT2D eigenvalue weighted by Crippen LogP contribution is -2.62. The predicted octanol–water partition coefficient (Wildman–Crippen LogP) is 3.55. The first-order valence-corrected chi connectivity index (χ1v) is 9.72. The molecule has 2 aromatic carbocycles. The Balaban J connectivity index is 1.32. The summed E-state index contributed by atoms with van der Waals surface area (Å²) in [6.45, 7) is 3.59. The van der Waals surface area contributed by atoms with Crippen molar-refractivity contribution >= 4 is 5.91 Å². The summed E-state index contributed by atoms with van der Waals surface area (Å²) >= 11 is 0. The standard InChI is InChI=1S/C22H25FN2O3/c1-27-19-9-11-24(12-10-19)18-14-25(15-18)22(26)16-3-2-4-21(13-16)28-20-7-5-17(23)6-8-20/h2-8,13,18-19H,9-12,14-15H2,1H3. The molecule has 0 radical (unpaired) electrons. The maximum atomic E-state index is 13.0. The Hall–Kier alpha value is -2.44. The van der Waals surface area contributed by atoms with Crippen LogP contribution in [0.2, 0.25) is 0 Å². The molecule has 2 heterocycles. The van der Waals surface area contributed by atoms with Crippen molar-refractivity contribution in [3.05, 3.63) is 59.9 Å². The van der Waals surface area contributed by atoms with Gasteiger partial charge in [-0.25, -0.2) is 4.39 Å². The molecule has 0 unspecified atom stereocenters. The summed E-state index contributed by atoms with van der Waals surface area (Å²) in [4.78, 5) is 17.1. The normalized spacial score (nSPS) is 18.7. The minimum Gasteiger partial charge on any atom is -0.457 e. The number of hydrogen-bond acceptors (Lipinski definition) is 4. The fraction of sp³-hybridized carbons (Fsp3) is 0.409. The van der Waals surface area contributed by atoms with Gasteiger partial charge in [0.1, 0.15) is 17.3 Å². The van der Waals surface area contributed by atoms with Crippen molar-refractivity contribution < 1.29 is 18.7 Å². The van der Waals surface area contributed by atoms with Crippen molar-refractivity contribution in [1.82, 2.24) is 9.80 Å². The number of hydrogen-bond donors (Lipinski definition) is 0. The molecule has 148 valence electrons. The zero-order valence-corrected chi connectivity index (χ0v) is 16.0. The highest BCUT2D eigenvalue weighted by atomic mass is 19.1. The first-order chi connectivity index (χ1) is 13.6. The average Bonchev–Trinajstić information content (AvgIpc) is 2.69. The van der Waals surface area contributed by atoms with Gasteiger partial charge in [-0.2, -0.15) is 0 Å². The number of nitrogens with zero attached hydrogens (tertiary/aromatic N) is 2. The highest BCUT2D eigenvalue weighted by Crippen LogP contribution is 2.26. The van der Waals surface area contributed by atoms with Crippen LogP contribution in [0.5, 0.6) is 11.5 Å². The molecule has 0 aliphatic carbocycles. The highest BCUT2D eigenvalue weighted by Gasteiger charge is 2.36. The van der Waals surface area contributed by atoms with Gasteiger partial charge in [-0.15, -0.1) is 0 Å². The molecule has 0 aromatic heterocycles. The third kappa shape index (κ3) is 4.18. The molecule has 2 aliphatic heterocycles. The molecule has 6 heteroatoms. The number of rotatable bonds is 5. The van der Waals surface area contributed by atoms with E-state index in [2.05, 4.69) is 4.90 Å². The summed E-state index contributed by atoms with van der Waals surface area (Å²) in [6, 6.07) is 13.4. The SMILES string of the molecule is COC1CCN(C2CN(C(=O)c3cccc(Oc4ccc(F)cc4)c3)C2)CC1. The van der Waals surface area contributed by atoms with Crippen LogP contribution in [0.25, 0.3) is 0 Å². The van der Waals surface area contributed by atoms with Gasteiger partial charge in [0.2, 0.25) is 0 Å². The zero-order valence-electron chi connectivity index (χ0n) is 16.0. The fourth-order valence-electron chi connectivity index (χ4n) is 3.84. The van der Waals surface area contributed by atoms with E-state index in [1.54, 1.807) is 43.5 Å². The van der Waals surface area contributed by atoms with Gasteiger partial charge in [0, 0.05) is 44.9 Å². The summed E-state index contributed by atoms with van der Waals surface area (Å²) in [5.74, 6) is 0.813. The van der Waals surface area contributed by atoms with E-state index in [1.165, 1.54) is 12.1 Å². The van der Waals surface area contributed by atoms with Gasteiger partial charge in [-0.1, -0.05) is 6.07 Å². The van der Waals surface area contributed by atoms with Gasteiger partial charge >= 0.3 is 0 Å². The van der Waals surface area contributed by atoms with Crippen LogP contribution in [0.15, 0.2) is 48.5 Å². The molecule has 4 rings (SSSR count). The number of benzene rings is 2. The molecule has 5 nitrogen and oxygen atoms in total. The molecule has 0 spiro atoms. The van der Waals surface area contributed by atoms with Crippen molar-refractivity contribution in [2.45, 2.75) is 25.0 Å². The van der Waals surface area contributed by atoms with E-state index in [0.29, 0.717) is 29.2 Å². The Morgan fingerprint density at radius 1 is 1.04 bits per heavy atom. The van der Waals surface area contributed by atoms with Gasteiger partial charge < -0.3 is 14.4 Å². The van der Waals surface area contributed by atoms with Crippen LogP contribution in [-0.4, -0.2) is 61.1 Å². The molecule has 2 aliphatic rings. The van der Waals surface area contributed by atoms with Crippen LogP contribution in [0.3, 0.4) is 0 Å². The van der Waals surface area contributed by atoms with Crippen molar-refractivity contribution in [3.63, 3.8) is 0 Å². The Kier molecular flexibility index (Phi) is 5.59. The third-order valence-corrected chi connectivity index (χ3v) is 5.61. The van der Waals surface area contributed by atoms with Gasteiger partial charge in [0.05, 0.1) is 6.10 Å². The van der Waals surface area contributed by atoms with Crippen LogP contribution in [0.1, 0.15) is 23.2 Å². The predicted molar refractivity (Wildman–Crippen MR) is 104 cm³/mol. The van der Waals surface area contributed by atoms with Crippen LogP contribution < -0.4 is 4.74 Å². The van der Waals surface area contributed by atoms with E-state index in [1.807, 2.05) is 4.90 Å². The van der Waals surface area contributed by atoms with Gasteiger partial charge in [-0.3, -0.25) is 9.69 Å². The largest absolute Gasteiger partial charge is 0.457 e. The zero-order chi connectivity index (χ0) is 19.5. The lowest BCUT2D eigenvalue weighted by Gasteiger charge is -2.47. The minimum atomic E-state index is -0.310. The second-order valence-electron chi connectivity index (χ2n) is 7.42. The second kappa shape index (κ2) is 8.29. The molecule has 0 N–H and O–H groups in total. The van der Waals surface area contributed by atoms with Crippen LogP contribution in [0, 0.1) is 5.82 Å². The Labute approximate surface area is 164 Å². The summed E-state index contributed by atoms with van der Waals surface area (Å²) in [6.07, 6.45) is 2.49. The average molecular weight is 384 g/mol. The minimum absolute atomic E-state index is 0.0209. The van der Waals surface area contributed by atoms with Gasteiger partial charge in [0.15, 0.2) is 0 Å². The maximum absolute atomic E-state index is 13.0. The number of likely N-dealkylation sites (tertiary alicyclic amines) is 2. The van der Waals surface area contributed by atoms with Crippen LogP contribution in [0.4, 0.5) is 4.39 Å². The quantitative estimate of drug-likeness (QED) is 0.791. The van der Waals surface area contributed by atoms with Crippen molar-refractivity contribution in [3.8, 4) is 11.5 Å². The topological polar surface area (TPSA) is 42.0 Å². The first-order valence-electron chi connectivity index (χ1n) is 9.72. The number of amides is 1. The third-order valence-electron chi connectivity index (χ3n) is 5.61. The number of halogens is 1. The molecule has 28 heavy (non-hydrogen) atoms. The first kappa shape index (κ1) is 18.9. The van der Waals surface area contributed by atoms with Crippen molar-refractivity contribution in [2.75, 3.05) is 33.3 Å². The van der Waals surface area contributed by atoms with Crippen molar-refractivity contribution in [2.24, 2.45) is 0 Å². The monoisotopic (exact) mass is 384 g/mol. The number of piperidine rings is 1. The van der Waals surface area contributed by atoms with E-state index >= 15 is 0 Å². The number of methoxy groups -OCH3 is 1. The number of carbonyl (C=O) groups excluding carboxylic acids is 1. The number of ether oxygens (including phenoxy) is 2. The molecule has 0 bridgehead atoms. The van der Waals surface area contributed by atoms with E-state index < -0.39 is 0 Å². The molecule has 2 saturated heterocycles. The van der Waals surface area contributed by atoms with E-state index in [0.717, 1.165) is 39.0 Å². The Morgan fingerprint density at radius 2 is 1.75 bits per heavy atom. The molecular formula is C22H25FN2O3.